The van der Waals surface area contributed by atoms with Crippen LogP contribution >= 0.6 is 0 Å². The summed E-state index contributed by atoms with van der Waals surface area (Å²) in [4.78, 5) is 12.8. The largest absolute Gasteiger partial charge is 0.352 e. The Morgan fingerprint density at radius 3 is 2.25 bits per heavy atom. The fourth-order valence-corrected chi connectivity index (χ4v) is 4.92. The number of sulfonamides is 1. The Morgan fingerprint density at radius 1 is 1.00 bits per heavy atom. The molecule has 0 atom stereocenters. The molecule has 0 bridgehead atoms. The predicted molar refractivity (Wildman–Crippen MR) is 112 cm³/mol. The van der Waals surface area contributed by atoms with Gasteiger partial charge in [0.15, 0.2) is 0 Å². The van der Waals surface area contributed by atoms with Gasteiger partial charge in [0.25, 0.3) is 10.0 Å². The summed E-state index contributed by atoms with van der Waals surface area (Å²) < 4.78 is 27.9. The van der Waals surface area contributed by atoms with Gasteiger partial charge in [-0.25, -0.2) is 8.42 Å². The van der Waals surface area contributed by atoms with E-state index >= 15 is 0 Å². The highest BCUT2D eigenvalue weighted by atomic mass is 32.2. The number of nitrogens with zero attached hydrogens (tertiary/aromatic N) is 1. The molecule has 0 aliphatic heterocycles. The molecule has 0 unspecified atom stereocenters. The quantitative estimate of drug-likeness (QED) is 0.800. The highest BCUT2D eigenvalue weighted by Crippen LogP contribution is 2.26. The first-order valence-electron chi connectivity index (χ1n) is 9.73. The SMILES string of the molecule is Cc1ccc(S(=O)(=O)N(CC(=O)NC2CCCC2)c2ccc(C)c(C)c2)cc1. The summed E-state index contributed by atoms with van der Waals surface area (Å²) in [5, 5.41) is 2.99. The molecule has 0 spiro atoms. The predicted octanol–water partition coefficient (Wildman–Crippen LogP) is 3.87. The van der Waals surface area contributed by atoms with Crippen molar-refractivity contribution in [1.29, 1.82) is 0 Å². The summed E-state index contributed by atoms with van der Waals surface area (Å²) in [6.07, 6.45) is 4.13. The molecule has 0 heterocycles. The molecule has 2 aromatic rings. The number of benzene rings is 2. The molecule has 1 aliphatic rings. The first kappa shape index (κ1) is 20.4. The van der Waals surface area contributed by atoms with Gasteiger partial charge in [-0.2, -0.15) is 0 Å². The van der Waals surface area contributed by atoms with Crippen LogP contribution in [0.2, 0.25) is 0 Å². The standard InChI is InChI=1S/C22H28N2O3S/c1-16-8-12-21(13-9-16)28(26,27)24(20-11-10-17(2)18(3)14-20)15-22(25)23-19-6-4-5-7-19/h8-14,19H,4-7,15H2,1-3H3,(H,23,25). The third-order valence-corrected chi connectivity index (χ3v) is 7.18. The van der Waals surface area contributed by atoms with E-state index in [4.69, 9.17) is 0 Å². The first-order valence-corrected chi connectivity index (χ1v) is 11.2. The van der Waals surface area contributed by atoms with Crippen molar-refractivity contribution in [3.05, 3.63) is 59.2 Å². The second-order valence-corrected chi connectivity index (χ2v) is 9.50. The molecule has 5 nitrogen and oxygen atoms in total. The number of carbonyl (C=O) groups is 1. The van der Waals surface area contributed by atoms with Crippen molar-refractivity contribution in [3.63, 3.8) is 0 Å². The van der Waals surface area contributed by atoms with Gasteiger partial charge in [-0.05, 0) is 69.0 Å². The molecule has 0 aromatic heterocycles. The second-order valence-electron chi connectivity index (χ2n) is 7.64. The maximum atomic E-state index is 13.4. The Bertz CT molecular complexity index is 946. The van der Waals surface area contributed by atoms with Crippen LogP contribution in [0.15, 0.2) is 47.4 Å². The summed E-state index contributed by atoms with van der Waals surface area (Å²) in [7, 11) is -3.86. The Balaban J connectivity index is 1.94. The van der Waals surface area contributed by atoms with E-state index in [2.05, 4.69) is 5.32 Å². The van der Waals surface area contributed by atoms with Gasteiger partial charge in [-0.15, -0.1) is 0 Å². The van der Waals surface area contributed by atoms with Crippen molar-refractivity contribution >= 4 is 21.6 Å². The molecule has 1 N–H and O–H groups in total. The smallest absolute Gasteiger partial charge is 0.264 e. The maximum absolute atomic E-state index is 13.4. The highest BCUT2D eigenvalue weighted by Gasteiger charge is 2.28. The van der Waals surface area contributed by atoms with Crippen LogP contribution in [-0.2, 0) is 14.8 Å². The molecule has 1 fully saturated rings. The minimum Gasteiger partial charge on any atom is -0.352 e. The van der Waals surface area contributed by atoms with E-state index < -0.39 is 10.0 Å². The van der Waals surface area contributed by atoms with Crippen molar-refractivity contribution in [1.82, 2.24) is 5.32 Å². The van der Waals surface area contributed by atoms with Gasteiger partial charge in [-0.1, -0.05) is 36.6 Å². The molecule has 0 saturated heterocycles. The number of aryl methyl sites for hydroxylation is 3. The van der Waals surface area contributed by atoms with Crippen molar-refractivity contribution in [2.45, 2.75) is 57.4 Å². The summed E-state index contributed by atoms with van der Waals surface area (Å²) >= 11 is 0. The van der Waals surface area contributed by atoms with Crippen LogP contribution in [0.3, 0.4) is 0 Å². The van der Waals surface area contributed by atoms with Gasteiger partial charge in [0, 0.05) is 6.04 Å². The molecule has 1 aliphatic carbocycles. The molecule has 150 valence electrons. The van der Waals surface area contributed by atoms with Crippen LogP contribution in [0.5, 0.6) is 0 Å². The third kappa shape index (κ3) is 4.55. The van der Waals surface area contributed by atoms with E-state index in [9.17, 15) is 13.2 Å². The van der Waals surface area contributed by atoms with Gasteiger partial charge >= 0.3 is 0 Å². The fourth-order valence-electron chi connectivity index (χ4n) is 3.51. The number of rotatable bonds is 6. The van der Waals surface area contributed by atoms with E-state index in [1.54, 1.807) is 30.3 Å². The van der Waals surface area contributed by atoms with Crippen molar-refractivity contribution in [2.75, 3.05) is 10.8 Å². The zero-order chi connectivity index (χ0) is 20.3. The van der Waals surface area contributed by atoms with Crippen LogP contribution < -0.4 is 9.62 Å². The van der Waals surface area contributed by atoms with Crippen LogP contribution in [-0.4, -0.2) is 26.9 Å². The lowest BCUT2D eigenvalue weighted by Gasteiger charge is -2.25. The normalized spacial score (nSPS) is 14.8. The number of amides is 1. The average Bonchev–Trinajstić information content (AvgIpc) is 3.15. The molecule has 1 saturated carbocycles. The van der Waals surface area contributed by atoms with E-state index in [-0.39, 0.29) is 23.4 Å². The molecule has 0 radical (unpaired) electrons. The molecular formula is C22H28N2O3S. The summed E-state index contributed by atoms with van der Waals surface area (Å²) in [6.45, 7) is 5.60. The maximum Gasteiger partial charge on any atom is 0.264 e. The Morgan fingerprint density at radius 2 is 1.64 bits per heavy atom. The molecule has 3 rings (SSSR count). The van der Waals surface area contributed by atoms with E-state index in [1.807, 2.05) is 32.9 Å². The van der Waals surface area contributed by atoms with E-state index in [0.717, 1.165) is 42.4 Å². The van der Waals surface area contributed by atoms with Crippen molar-refractivity contribution in [2.24, 2.45) is 0 Å². The lowest BCUT2D eigenvalue weighted by molar-refractivity contribution is -0.120. The van der Waals surface area contributed by atoms with Crippen LogP contribution in [0.25, 0.3) is 0 Å². The number of hydrogen-bond donors (Lipinski definition) is 1. The molecule has 28 heavy (non-hydrogen) atoms. The number of nitrogens with one attached hydrogen (secondary N) is 1. The summed E-state index contributed by atoms with van der Waals surface area (Å²) in [5.74, 6) is -0.263. The lowest BCUT2D eigenvalue weighted by atomic mass is 10.1. The van der Waals surface area contributed by atoms with Crippen LogP contribution in [0, 0.1) is 20.8 Å². The van der Waals surface area contributed by atoms with E-state index in [1.165, 1.54) is 4.31 Å². The Labute approximate surface area is 167 Å². The van der Waals surface area contributed by atoms with Crippen LogP contribution in [0.1, 0.15) is 42.4 Å². The molecule has 6 heteroatoms. The van der Waals surface area contributed by atoms with Gasteiger partial charge in [0.2, 0.25) is 5.91 Å². The van der Waals surface area contributed by atoms with E-state index in [0.29, 0.717) is 5.69 Å². The average molecular weight is 401 g/mol. The number of hydrogen-bond acceptors (Lipinski definition) is 3. The monoisotopic (exact) mass is 400 g/mol. The Kier molecular flexibility index (Phi) is 6.08. The zero-order valence-electron chi connectivity index (χ0n) is 16.7. The number of anilines is 1. The fraction of sp³-hybridized carbons (Fsp3) is 0.409. The second kappa shape index (κ2) is 8.35. The van der Waals surface area contributed by atoms with Gasteiger partial charge in [0.1, 0.15) is 6.54 Å². The van der Waals surface area contributed by atoms with Gasteiger partial charge < -0.3 is 5.32 Å². The third-order valence-electron chi connectivity index (χ3n) is 5.39. The van der Waals surface area contributed by atoms with Crippen LogP contribution in [0.4, 0.5) is 5.69 Å². The topological polar surface area (TPSA) is 66.5 Å². The minimum atomic E-state index is -3.86. The number of carbonyl (C=O) groups excluding carboxylic acids is 1. The molecule has 2 aromatic carbocycles. The highest BCUT2D eigenvalue weighted by molar-refractivity contribution is 7.92. The summed E-state index contributed by atoms with van der Waals surface area (Å²) in [6, 6.07) is 12.3. The molecular weight excluding hydrogens is 372 g/mol. The molecule has 1 amide bonds. The Hall–Kier alpha value is -2.34. The van der Waals surface area contributed by atoms with Crippen molar-refractivity contribution < 1.29 is 13.2 Å². The minimum absolute atomic E-state index is 0.149. The van der Waals surface area contributed by atoms with Gasteiger partial charge in [0.05, 0.1) is 10.6 Å². The lowest BCUT2D eigenvalue weighted by Crippen LogP contribution is -2.43. The first-order chi connectivity index (χ1) is 13.3. The summed E-state index contributed by atoms with van der Waals surface area (Å²) in [5.41, 5.74) is 3.55. The zero-order valence-corrected chi connectivity index (χ0v) is 17.6. The van der Waals surface area contributed by atoms with Gasteiger partial charge in [-0.3, -0.25) is 9.10 Å². The van der Waals surface area contributed by atoms with Crippen molar-refractivity contribution in [3.8, 4) is 0 Å².